The van der Waals surface area contributed by atoms with Crippen molar-refractivity contribution in [1.29, 1.82) is 0 Å². The number of hydrogen-bond acceptors (Lipinski definition) is 4. The monoisotopic (exact) mass is 580 g/mol. The molecule has 216 valence electrons. The van der Waals surface area contributed by atoms with Gasteiger partial charge in [0, 0.05) is 11.6 Å². The number of ether oxygens (including phenoxy) is 2. The van der Waals surface area contributed by atoms with Crippen molar-refractivity contribution >= 4 is 17.5 Å². The Balaban J connectivity index is 1.10. The number of benzene rings is 2. The Kier molecular flexibility index (Phi) is 7.28. The summed E-state index contributed by atoms with van der Waals surface area (Å²) in [6.45, 7) is 3.99. The minimum atomic E-state index is -4.55. The molecule has 2 saturated heterocycles. The number of amides is 1. The van der Waals surface area contributed by atoms with Crippen LogP contribution in [0.25, 0.3) is 0 Å². The summed E-state index contributed by atoms with van der Waals surface area (Å²) in [6, 6.07) is 7.48. The first-order valence-electron chi connectivity index (χ1n) is 14.0. The number of aryl methyl sites for hydroxylation is 1. The van der Waals surface area contributed by atoms with Crippen LogP contribution in [0.5, 0.6) is 5.75 Å². The molecule has 1 saturated carbocycles. The summed E-state index contributed by atoms with van der Waals surface area (Å²) in [4.78, 5) is 17.8. The molecule has 3 aliphatic heterocycles. The minimum Gasteiger partial charge on any atom is -0.471 e. The molecule has 0 radical (unpaired) electrons. The molecular formula is C30H33ClF4N2O3. The third-order valence-electron chi connectivity index (χ3n) is 9.14. The molecule has 2 atom stereocenters. The fourth-order valence-corrected chi connectivity index (χ4v) is 6.98. The van der Waals surface area contributed by atoms with Crippen LogP contribution in [-0.4, -0.2) is 53.8 Å². The molecule has 1 amide bonds. The Hall–Kier alpha value is -2.36. The Morgan fingerprint density at radius 3 is 2.45 bits per heavy atom. The van der Waals surface area contributed by atoms with Crippen molar-refractivity contribution in [3.63, 3.8) is 0 Å². The summed E-state index contributed by atoms with van der Waals surface area (Å²) >= 11 is 6.09. The SMILES string of the molecule is Cc1cc(C2CCN(C3CC[C@@](C(=O)N4COc5c(Cl)cc(C(F)(F)F)cc5C4)(C4CC4)OC3)CC2)ccc1F. The molecule has 0 N–H and O–H groups in total. The van der Waals surface area contributed by atoms with E-state index in [1.807, 2.05) is 12.1 Å². The van der Waals surface area contributed by atoms with Crippen molar-refractivity contribution < 1.29 is 31.8 Å². The smallest absolute Gasteiger partial charge is 0.416 e. The standard InChI is InChI=1S/C30H33ClF4N2O3/c1-18-12-20(2-5-26(18)32)19-7-10-36(11-8-19)24-6-9-29(40-16-24,22-3-4-22)28(38)37-15-21-13-23(30(33,34)35)14-25(31)27(21)39-17-37/h2,5,12-14,19,22,24H,3-4,6-11,15-17H2,1H3/t24?,29-/m0/s1. The van der Waals surface area contributed by atoms with E-state index < -0.39 is 17.3 Å². The van der Waals surface area contributed by atoms with Crippen molar-refractivity contribution in [2.45, 2.75) is 75.7 Å². The molecule has 6 rings (SSSR count). The molecule has 2 aromatic rings. The van der Waals surface area contributed by atoms with Crippen LogP contribution in [0.1, 0.15) is 66.7 Å². The lowest BCUT2D eigenvalue weighted by Gasteiger charge is -2.46. The second kappa shape index (κ2) is 10.5. The average Bonchev–Trinajstić information content (AvgIpc) is 3.80. The first kappa shape index (κ1) is 27.8. The normalized spacial score (nSPS) is 26.4. The van der Waals surface area contributed by atoms with Crippen LogP contribution in [-0.2, 0) is 22.3 Å². The van der Waals surface area contributed by atoms with E-state index in [1.54, 1.807) is 13.0 Å². The third kappa shape index (κ3) is 5.21. The van der Waals surface area contributed by atoms with Gasteiger partial charge in [-0.15, -0.1) is 0 Å². The van der Waals surface area contributed by atoms with Crippen molar-refractivity contribution in [2.75, 3.05) is 26.4 Å². The Labute approximate surface area is 236 Å². The first-order chi connectivity index (χ1) is 19.0. The number of hydrogen-bond donors (Lipinski definition) is 0. The van der Waals surface area contributed by atoms with Gasteiger partial charge in [0.25, 0.3) is 5.91 Å². The molecule has 40 heavy (non-hydrogen) atoms. The van der Waals surface area contributed by atoms with E-state index in [0.717, 1.165) is 57.3 Å². The second-order valence-electron chi connectivity index (χ2n) is 11.7. The number of nitrogens with zero attached hydrogens (tertiary/aromatic N) is 2. The first-order valence-corrected chi connectivity index (χ1v) is 14.4. The summed E-state index contributed by atoms with van der Waals surface area (Å²) in [7, 11) is 0. The lowest BCUT2D eigenvalue weighted by atomic mass is 9.84. The fraction of sp³-hybridized carbons (Fsp3) is 0.567. The van der Waals surface area contributed by atoms with Gasteiger partial charge in [0.05, 0.1) is 23.7 Å². The summed E-state index contributed by atoms with van der Waals surface area (Å²) in [5.74, 6) is 0.325. The van der Waals surface area contributed by atoms with E-state index in [1.165, 1.54) is 10.5 Å². The average molecular weight is 581 g/mol. The van der Waals surface area contributed by atoms with E-state index in [-0.39, 0.29) is 53.3 Å². The molecule has 0 bridgehead atoms. The van der Waals surface area contributed by atoms with Crippen LogP contribution in [0.3, 0.4) is 0 Å². The van der Waals surface area contributed by atoms with Crippen LogP contribution in [0.15, 0.2) is 30.3 Å². The summed E-state index contributed by atoms with van der Waals surface area (Å²) in [5, 5.41) is -0.107. The minimum absolute atomic E-state index is 0.00453. The highest BCUT2D eigenvalue weighted by atomic mass is 35.5. The highest BCUT2D eigenvalue weighted by Gasteiger charge is 2.56. The zero-order valence-electron chi connectivity index (χ0n) is 22.4. The summed E-state index contributed by atoms with van der Waals surface area (Å²) in [5.41, 5.74) is 0.283. The van der Waals surface area contributed by atoms with Gasteiger partial charge in [-0.3, -0.25) is 9.69 Å². The van der Waals surface area contributed by atoms with Crippen LogP contribution in [0.2, 0.25) is 5.02 Å². The quantitative estimate of drug-likeness (QED) is 0.378. The van der Waals surface area contributed by atoms with E-state index in [2.05, 4.69) is 4.90 Å². The molecule has 5 nitrogen and oxygen atoms in total. The highest BCUT2D eigenvalue weighted by molar-refractivity contribution is 6.32. The van der Waals surface area contributed by atoms with Crippen LogP contribution in [0.4, 0.5) is 17.6 Å². The molecule has 4 aliphatic rings. The second-order valence-corrected chi connectivity index (χ2v) is 12.1. The number of fused-ring (bicyclic) bond motifs is 1. The van der Waals surface area contributed by atoms with Gasteiger partial charge in [0.1, 0.15) is 17.2 Å². The summed E-state index contributed by atoms with van der Waals surface area (Å²) < 4.78 is 66.0. The molecular weight excluding hydrogens is 548 g/mol. The van der Waals surface area contributed by atoms with Gasteiger partial charge in [0.2, 0.25) is 0 Å². The van der Waals surface area contributed by atoms with Crippen molar-refractivity contribution in [1.82, 2.24) is 9.80 Å². The maximum Gasteiger partial charge on any atom is 0.416 e. The summed E-state index contributed by atoms with van der Waals surface area (Å²) in [6.07, 6.45) is 0.613. The van der Waals surface area contributed by atoms with Gasteiger partial charge in [-0.1, -0.05) is 23.7 Å². The molecule has 3 fully saturated rings. The van der Waals surface area contributed by atoms with Crippen molar-refractivity contribution in [3.05, 3.63) is 63.4 Å². The van der Waals surface area contributed by atoms with Crippen LogP contribution in [0, 0.1) is 18.7 Å². The third-order valence-corrected chi connectivity index (χ3v) is 9.42. The zero-order chi connectivity index (χ0) is 28.2. The molecule has 1 aliphatic carbocycles. The van der Waals surface area contributed by atoms with Gasteiger partial charge in [0.15, 0.2) is 6.73 Å². The Morgan fingerprint density at radius 1 is 1.07 bits per heavy atom. The van der Waals surface area contributed by atoms with Crippen LogP contribution >= 0.6 is 11.6 Å². The van der Waals surface area contributed by atoms with Gasteiger partial charge in [-0.2, -0.15) is 13.2 Å². The predicted octanol–water partition coefficient (Wildman–Crippen LogP) is 6.69. The highest BCUT2D eigenvalue weighted by Crippen LogP contribution is 2.49. The van der Waals surface area contributed by atoms with Crippen molar-refractivity contribution in [3.8, 4) is 5.75 Å². The number of carbonyl (C=O) groups excluding carboxylic acids is 1. The van der Waals surface area contributed by atoms with E-state index >= 15 is 0 Å². The van der Waals surface area contributed by atoms with Crippen LogP contribution < -0.4 is 4.74 Å². The maximum atomic E-state index is 13.9. The number of likely N-dealkylation sites (tertiary alicyclic amines) is 1. The largest absolute Gasteiger partial charge is 0.471 e. The number of piperidine rings is 1. The molecule has 10 heteroatoms. The lowest BCUT2D eigenvalue weighted by molar-refractivity contribution is -0.180. The van der Waals surface area contributed by atoms with Gasteiger partial charge >= 0.3 is 6.18 Å². The van der Waals surface area contributed by atoms with Gasteiger partial charge in [-0.05, 0) is 99.7 Å². The number of halogens is 5. The van der Waals surface area contributed by atoms with E-state index in [9.17, 15) is 22.4 Å². The lowest BCUT2D eigenvalue weighted by Crippen LogP contribution is -2.59. The molecule has 0 spiro atoms. The Bertz CT molecular complexity index is 1280. The maximum absolute atomic E-state index is 13.9. The number of alkyl halides is 3. The molecule has 0 aromatic heterocycles. The zero-order valence-corrected chi connectivity index (χ0v) is 23.2. The Morgan fingerprint density at radius 2 is 1.82 bits per heavy atom. The molecule has 2 aromatic carbocycles. The number of rotatable bonds is 4. The van der Waals surface area contributed by atoms with Crippen molar-refractivity contribution in [2.24, 2.45) is 5.92 Å². The van der Waals surface area contributed by atoms with E-state index in [4.69, 9.17) is 21.1 Å². The fourth-order valence-electron chi connectivity index (χ4n) is 6.69. The molecule has 1 unspecified atom stereocenters. The number of carbonyl (C=O) groups is 1. The van der Waals surface area contributed by atoms with Gasteiger partial charge in [-0.25, -0.2) is 4.39 Å². The predicted molar refractivity (Wildman–Crippen MR) is 142 cm³/mol. The van der Waals surface area contributed by atoms with Gasteiger partial charge < -0.3 is 14.4 Å². The molecule has 3 heterocycles. The topological polar surface area (TPSA) is 42.0 Å². The van der Waals surface area contributed by atoms with E-state index in [0.29, 0.717) is 24.5 Å².